The predicted octanol–water partition coefficient (Wildman–Crippen LogP) is 0.637. The van der Waals surface area contributed by atoms with E-state index < -0.39 is 5.54 Å². The molecule has 1 aliphatic carbocycles. The Morgan fingerprint density at radius 2 is 1.95 bits per heavy atom. The number of hydrogen-bond donors (Lipinski definition) is 1. The molecule has 0 aromatic rings. The van der Waals surface area contributed by atoms with Gasteiger partial charge in [0.15, 0.2) is 0 Å². The Morgan fingerprint density at radius 3 is 2.37 bits per heavy atom. The molecule has 0 radical (unpaired) electrons. The van der Waals surface area contributed by atoms with E-state index in [0.717, 1.165) is 25.9 Å². The molecular weight excluding hydrogens is 244 g/mol. The lowest BCUT2D eigenvalue weighted by Gasteiger charge is -2.41. The van der Waals surface area contributed by atoms with Crippen LogP contribution in [0.15, 0.2) is 0 Å². The summed E-state index contributed by atoms with van der Waals surface area (Å²) in [6, 6.07) is 0. The van der Waals surface area contributed by atoms with E-state index >= 15 is 0 Å². The van der Waals surface area contributed by atoms with Crippen LogP contribution in [0, 0.1) is 5.92 Å². The van der Waals surface area contributed by atoms with Gasteiger partial charge in [-0.15, -0.1) is 0 Å². The summed E-state index contributed by atoms with van der Waals surface area (Å²) in [5, 5.41) is 3.25. The normalized spacial score (nSPS) is 31.8. The number of carbonyl (C=O) groups excluding carboxylic acids is 1. The summed E-state index contributed by atoms with van der Waals surface area (Å²) in [5.74, 6) is 0.266. The summed E-state index contributed by atoms with van der Waals surface area (Å²) < 4.78 is 10.8. The highest BCUT2D eigenvalue weighted by Crippen LogP contribution is 2.41. The van der Waals surface area contributed by atoms with Crippen LogP contribution in [0.25, 0.3) is 0 Å². The lowest BCUT2D eigenvalue weighted by Crippen LogP contribution is -2.62. The number of rotatable bonds is 5. The largest absolute Gasteiger partial charge is 0.468 e. The minimum absolute atomic E-state index is 0.135. The summed E-state index contributed by atoms with van der Waals surface area (Å²) >= 11 is 0. The molecule has 0 aromatic heterocycles. The molecule has 0 bridgehead atoms. The zero-order valence-electron chi connectivity index (χ0n) is 12.4. The molecule has 2 rings (SSSR count). The lowest BCUT2D eigenvalue weighted by molar-refractivity contribution is -0.152. The van der Waals surface area contributed by atoms with Crippen molar-refractivity contribution in [3.63, 3.8) is 0 Å². The van der Waals surface area contributed by atoms with Gasteiger partial charge in [0.1, 0.15) is 5.54 Å². The standard InChI is InChI=1S/C14H26N2O3/c1-10-7-16(8-11(2)19-10)9-14(15-3,12-5-6-12)13(17)18-4/h10-12,15H,5-9H2,1-4H3/t10-,11+,14?. The van der Waals surface area contributed by atoms with Gasteiger partial charge in [-0.3, -0.25) is 4.90 Å². The van der Waals surface area contributed by atoms with Gasteiger partial charge in [0.25, 0.3) is 0 Å². The van der Waals surface area contributed by atoms with E-state index in [4.69, 9.17) is 9.47 Å². The quantitative estimate of drug-likeness (QED) is 0.743. The van der Waals surface area contributed by atoms with Crippen molar-refractivity contribution in [1.82, 2.24) is 10.2 Å². The van der Waals surface area contributed by atoms with E-state index in [-0.39, 0.29) is 18.2 Å². The topological polar surface area (TPSA) is 50.8 Å². The van der Waals surface area contributed by atoms with Crippen molar-refractivity contribution in [2.45, 2.75) is 44.4 Å². The molecule has 5 nitrogen and oxygen atoms in total. The minimum Gasteiger partial charge on any atom is -0.468 e. The number of hydrogen-bond acceptors (Lipinski definition) is 5. The molecule has 0 spiro atoms. The second kappa shape index (κ2) is 5.77. The van der Waals surface area contributed by atoms with Crippen molar-refractivity contribution in [3.05, 3.63) is 0 Å². The van der Waals surface area contributed by atoms with Crippen molar-refractivity contribution in [2.75, 3.05) is 33.8 Å². The van der Waals surface area contributed by atoms with Crippen molar-refractivity contribution in [1.29, 1.82) is 0 Å². The van der Waals surface area contributed by atoms with Crippen LogP contribution < -0.4 is 5.32 Å². The lowest BCUT2D eigenvalue weighted by atomic mass is 9.92. The Labute approximate surface area is 115 Å². The predicted molar refractivity (Wildman–Crippen MR) is 73.0 cm³/mol. The minimum atomic E-state index is -0.550. The Bertz CT molecular complexity index is 323. The fourth-order valence-corrected chi connectivity index (χ4v) is 3.27. The van der Waals surface area contributed by atoms with Crippen molar-refractivity contribution >= 4 is 5.97 Å². The molecule has 5 heteroatoms. The third-order valence-corrected chi connectivity index (χ3v) is 4.24. The summed E-state index contributed by atoms with van der Waals surface area (Å²) in [6.07, 6.45) is 2.64. The molecule has 1 heterocycles. The highest BCUT2D eigenvalue weighted by molar-refractivity contribution is 5.82. The Kier molecular flexibility index (Phi) is 4.48. The molecule has 19 heavy (non-hydrogen) atoms. The van der Waals surface area contributed by atoms with Crippen LogP contribution in [0.1, 0.15) is 26.7 Å². The Morgan fingerprint density at radius 1 is 1.37 bits per heavy atom. The third kappa shape index (κ3) is 3.09. The molecule has 2 fully saturated rings. The van der Waals surface area contributed by atoms with Gasteiger partial charge in [-0.25, -0.2) is 4.79 Å². The van der Waals surface area contributed by atoms with Crippen molar-refractivity contribution in [2.24, 2.45) is 5.92 Å². The summed E-state index contributed by atoms with van der Waals surface area (Å²) in [6.45, 7) is 6.62. The van der Waals surface area contributed by atoms with Gasteiger partial charge in [-0.1, -0.05) is 0 Å². The Hall–Kier alpha value is -0.650. The van der Waals surface area contributed by atoms with Gasteiger partial charge < -0.3 is 14.8 Å². The number of carbonyl (C=O) groups is 1. The molecule has 2 aliphatic rings. The van der Waals surface area contributed by atoms with Crippen LogP contribution in [0.3, 0.4) is 0 Å². The van der Waals surface area contributed by atoms with Crippen LogP contribution in [0.4, 0.5) is 0 Å². The summed E-state index contributed by atoms with van der Waals surface area (Å²) in [5.41, 5.74) is -0.550. The number of nitrogens with one attached hydrogen (secondary N) is 1. The molecule has 1 N–H and O–H groups in total. The first-order valence-corrected chi connectivity index (χ1v) is 7.17. The third-order valence-electron chi connectivity index (χ3n) is 4.24. The molecule has 110 valence electrons. The average molecular weight is 270 g/mol. The highest BCUT2D eigenvalue weighted by atomic mass is 16.5. The van der Waals surface area contributed by atoms with E-state index in [2.05, 4.69) is 24.1 Å². The smallest absolute Gasteiger partial charge is 0.327 e. The molecule has 1 saturated carbocycles. The Balaban J connectivity index is 2.09. The van der Waals surface area contributed by atoms with Gasteiger partial charge in [-0.2, -0.15) is 0 Å². The molecule has 1 aliphatic heterocycles. The molecular formula is C14H26N2O3. The first-order chi connectivity index (χ1) is 9.01. The second-order valence-corrected chi connectivity index (χ2v) is 5.94. The van der Waals surface area contributed by atoms with E-state index in [1.807, 2.05) is 7.05 Å². The van der Waals surface area contributed by atoms with E-state index in [0.29, 0.717) is 12.5 Å². The monoisotopic (exact) mass is 270 g/mol. The molecule has 1 unspecified atom stereocenters. The molecule has 0 aromatic carbocycles. The first-order valence-electron chi connectivity index (χ1n) is 7.17. The van der Waals surface area contributed by atoms with E-state index in [1.165, 1.54) is 7.11 Å². The van der Waals surface area contributed by atoms with Crippen molar-refractivity contribution in [3.8, 4) is 0 Å². The first kappa shape index (κ1) is 14.8. The van der Waals surface area contributed by atoms with Crippen molar-refractivity contribution < 1.29 is 14.3 Å². The number of esters is 1. The number of morpholine rings is 1. The van der Waals surface area contributed by atoms with E-state index in [1.54, 1.807) is 0 Å². The van der Waals surface area contributed by atoms with Gasteiger partial charge in [0.05, 0.1) is 19.3 Å². The maximum atomic E-state index is 12.2. The molecule has 1 saturated heterocycles. The highest BCUT2D eigenvalue weighted by Gasteiger charge is 2.52. The van der Waals surface area contributed by atoms with Crippen LogP contribution >= 0.6 is 0 Å². The second-order valence-electron chi connectivity index (χ2n) is 5.94. The number of ether oxygens (including phenoxy) is 2. The van der Waals surface area contributed by atoms with Crippen LogP contribution in [0.5, 0.6) is 0 Å². The number of likely N-dealkylation sites (N-methyl/N-ethyl adjacent to an activating group) is 1. The van der Waals surface area contributed by atoms with Crippen LogP contribution in [0.2, 0.25) is 0 Å². The number of nitrogens with zero attached hydrogens (tertiary/aromatic N) is 1. The maximum Gasteiger partial charge on any atom is 0.327 e. The fraction of sp³-hybridized carbons (Fsp3) is 0.929. The molecule has 3 atom stereocenters. The summed E-state index contributed by atoms with van der Waals surface area (Å²) in [7, 11) is 3.34. The van der Waals surface area contributed by atoms with Crippen LogP contribution in [-0.2, 0) is 14.3 Å². The maximum absolute atomic E-state index is 12.2. The average Bonchev–Trinajstić information content (AvgIpc) is 3.18. The zero-order valence-corrected chi connectivity index (χ0v) is 12.4. The fourth-order valence-electron chi connectivity index (χ4n) is 3.27. The van der Waals surface area contributed by atoms with Crippen LogP contribution in [-0.4, -0.2) is 62.4 Å². The molecule has 0 amide bonds. The summed E-state index contributed by atoms with van der Waals surface area (Å²) in [4.78, 5) is 14.6. The SMILES string of the molecule is CNC(CN1C[C@@H](C)O[C@@H](C)C1)(C(=O)OC)C1CC1. The van der Waals surface area contributed by atoms with Gasteiger partial charge in [0, 0.05) is 19.6 Å². The zero-order chi connectivity index (χ0) is 14.0. The van der Waals surface area contributed by atoms with Gasteiger partial charge >= 0.3 is 5.97 Å². The van der Waals surface area contributed by atoms with Gasteiger partial charge in [-0.05, 0) is 39.7 Å². The number of methoxy groups -OCH3 is 1. The van der Waals surface area contributed by atoms with Gasteiger partial charge in [0.2, 0.25) is 0 Å². The van der Waals surface area contributed by atoms with E-state index in [9.17, 15) is 4.79 Å².